The zero-order chi connectivity index (χ0) is 14.5. The number of ketones is 1. The predicted octanol–water partition coefficient (Wildman–Crippen LogP) is 2.83. The van der Waals surface area contributed by atoms with E-state index in [9.17, 15) is 15.0 Å². The zero-order valence-corrected chi connectivity index (χ0v) is 12.5. The van der Waals surface area contributed by atoms with Crippen LogP contribution in [0.25, 0.3) is 0 Å². The predicted molar refractivity (Wildman–Crippen MR) is 84.1 cm³/mol. The molecular weight excluding hydrogens is 290 g/mol. The molecule has 2 rings (SSSR count). The van der Waals surface area contributed by atoms with E-state index in [0.29, 0.717) is 12.1 Å². The zero-order valence-electron chi connectivity index (χ0n) is 11.7. The van der Waals surface area contributed by atoms with E-state index < -0.39 is 0 Å². The smallest absolute Gasteiger partial charge is 0.176 e. The average molecular weight is 308 g/mol. The van der Waals surface area contributed by atoms with Gasteiger partial charge >= 0.3 is 0 Å². The molecule has 0 unspecified atom stereocenters. The number of hydrogen-bond donors (Lipinski definition) is 2. The standard InChI is InChI=1S/C16H17NO3.ClH/c1-17(10-12-5-3-2-4-6-12)11-16(20)13-7-8-14(18)15(19)9-13;/h2-9,18-19H,10-11H2,1H3;1H. The Labute approximate surface area is 130 Å². The van der Waals surface area contributed by atoms with E-state index >= 15 is 0 Å². The van der Waals surface area contributed by atoms with Gasteiger partial charge in [-0.25, -0.2) is 0 Å². The molecule has 0 aliphatic heterocycles. The summed E-state index contributed by atoms with van der Waals surface area (Å²) in [5.74, 6) is -0.598. The minimum Gasteiger partial charge on any atom is -0.504 e. The van der Waals surface area contributed by atoms with E-state index in [-0.39, 0.29) is 36.2 Å². The van der Waals surface area contributed by atoms with Gasteiger partial charge in [0.25, 0.3) is 0 Å². The maximum Gasteiger partial charge on any atom is 0.176 e. The van der Waals surface area contributed by atoms with Crippen molar-refractivity contribution in [3.63, 3.8) is 0 Å². The van der Waals surface area contributed by atoms with Crippen LogP contribution in [0, 0.1) is 0 Å². The molecule has 112 valence electrons. The van der Waals surface area contributed by atoms with Gasteiger partial charge in [0.1, 0.15) is 0 Å². The lowest BCUT2D eigenvalue weighted by Crippen LogP contribution is -2.25. The van der Waals surface area contributed by atoms with E-state index in [0.717, 1.165) is 5.56 Å². The molecule has 0 spiro atoms. The minimum absolute atomic E-state index is 0. The molecule has 0 amide bonds. The summed E-state index contributed by atoms with van der Waals surface area (Å²) in [6.45, 7) is 0.926. The van der Waals surface area contributed by atoms with Gasteiger partial charge in [0.15, 0.2) is 17.3 Å². The Balaban J connectivity index is 0.00000220. The first-order valence-electron chi connectivity index (χ1n) is 6.34. The van der Waals surface area contributed by atoms with Gasteiger partial charge in [0.2, 0.25) is 0 Å². The molecule has 0 bridgehead atoms. The highest BCUT2D eigenvalue weighted by atomic mass is 35.5. The topological polar surface area (TPSA) is 60.8 Å². The van der Waals surface area contributed by atoms with E-state index in [1.165, 1.54) is 18.2 Å². The number of rotatable bonds is 5. The molecule has 4 nitrogen and oxygen atoms in total. The lowest BCUT2D eigenvalue weighted by Gasteiger charge is -2.16. The molecule has 5 heteroatoms. The average Bonchev–Trinajstić information content (AvgIpc) is 2.42. The largest absolute Gasteiger partial charge is 0.504 e. The summed E-state index contributed by atoms with van der Waals surface area (Å²) in [6, 6.07) is 14.0. The van der Waals surface area contributed by atoms with Crippen LogP contribution in [0.15, 0.2) is 48.5 Å². The van der Waals surface area contributed by atoms with Crippen molar-refractivity contribution in [2.24, 2.45) is 0 Å². The van der Waals surface area contributed by atoms with Gasteiger partial charge in [-0.15, -0.1) is 12.4 Å². The van der Waals surface area contributed by atoms with Gasteiger partial charge in [-0.3, -0.25) is 9.69 Å². The van der Waals surface area contributed by atoms with Crippen molar-refractivity contribution in [1.82, 2.24) is 4.90 Å². The van der Waals surface area contributed by atoms with Crippen molar-refractivity contribution in [3.8, 4) is 11.5 Å². The summed E-state index contributed by atoms with van der Waals surface area (Å²) in [7, 11) is 1.87. The summed E-state index contributed by atoms with van der Waals surface area (Å²) < 4.78 is 0. The third kappa shape index (κ3) is 4.77. The monoisotopic (exact) mass is 307 g/mol. The highest BCUT2D eigenvalue weighted by Crippen LogP contribution is 2.25. The van der Waals surface area contributed by atoms with Crippen molar-refractivity contribution in [2.45, 2.75) is 6.54 Å². The molecule has 0 saturated heterocycles. The molecule has 0 atom stereocenters. The number of hydrogen-bond acceptors (Lipinski definition) is 4. The van der Waals surface area contributed by atoms with Crippen molar-refractivity contribution < 1.29 is 15.0 Å². The molecule has 2 aromatic rings. The van der Waals surface area contributed by atoms with Crippen LogP contribution in [0.1, 0.15) is 15.9 Å². The Bertz CT molecular complexity index is 602. The molecule has 0 fully saturated rings. The first-order chi connectivity index (χ1) is 9.56. The Kier molecular flexibility index (Phi) is 6.21. The Morgan fingerprint density at radius 3 is 2.33 bits per heavy atom. The second-order valence-corrected chi connectivity index (χ2v) is 4.78. The maximum absolute atomic E-state index is 12.1. The SMILES string of the molecule is CN(CC(=O)c1ccc(O)c(O)c1)Cc1ccccc1.Cl. The summed E-state index contributed by atoms with van der Waals surface area (Å²) in [6.07, 6.45) is 0. The van der Waals surface area contributed by atoms with Crippen LogP contribution >= 0.6 is 12.4 Å². The van der Waals surface area contributed by atoms with E-state index in [1.54, 1.807) is 0 Å². The van der Waals surface area contributed by atoms with E-state index in [1.807, 2.05) is 42.3 Å². The van der Waals surface area contributed by atoms with Crippen LogP contribution in [0.5, 0.6) is 11.5 Å². The number of aromatic hydroxyl groups is 2. The molecule has 2 N–H and O–H groups in total. The summed E-state index contributed by atoms with van der Waals surface area (Å²) in [5, 5.41) is 18.6. The lowest BCUT2D eigenvalue weighted by atomic mass is 10.1. The molecule has 2 aromatic carbocycles. The number of phenols is 2. The highest BCUT2D eigenvalue weighted by molar-refractivity contribution is 5.98. The second-order valence-electron chi connectivity index (χ2n) is 4.78. The van der Waals surface area contributed by atoms with Crippen molar-refractivity contribution >= 4 is 18.2 Å². The van der Waals surface area contributed by atoms with Crippen LogP contribution in [0.4, 0.5) is 0 Å². The summed E-state index contributed by atoms with van der Waals surface area (Å²) in [5.41, 5.74) is 1.52. The van der Waals surface area contributed by atoms with Crippen LogP contribution in [0.3, 0.4) is 0 Å². The van der Waals surface area contributed by atoms with Gasteiger partial charge in [-0.05, 0) is 30.8 Å². The fourth-order valence-corrected chi connectivity index (χ4v) is 1.98. The van der Waals surface area contributed by atoms with Gasteiger partial charge < -0.3 is 10.2 Å². The van der Waals surface area contributed by atoms with Gasteiger partial charge in [0.05, 0.1) is 6.54 Å². The number of halogens is 1. The second kappa shape index (κ2) is 7.67. The molecule has 0 heterocycles. The third-order valence-corrected chi connectivity index (χ3v) is 3.01. The summed E-state index contributed by atoms with van der Waals surface area (Å²) >= 11 is 0. The fraction of sp³-hybridized carbons (Fsp3) is 0.188. The Morgan fingerprint density at radius 1 is 1.05 bits per heavy atom. The normalized spacial score (nSPS) is 10.2. The Morgan fingerprint density at radius 2 is 1.71 bits per heavy atom. The van der Waals surface area contributed by atoms with Gasteiger partial charge in [-0.2, -0.15) is 0 Å². The molecular formula is C16H18ClNO3. The number of nitrogens with zero attached hydrogens (tertiary/aromatic N) is 1. The maximum atomic E-state index is 12.1. The fourth-order valence-electron chi connectivity index (χ4n) is 1.98. The molecule has 0 aliphatic rings. The first kappa shape index (κ1) is 17.0. The number of phenolic OH excluding ortho intramolecular Hbond substituents is 2. The van der Waals surface area contributed by atoms with Crippen LogP contribution in [-0.2, 0) is 6.54 Å². The number of carbonyl (C=O) groups is 1. The molecule has 21 heavy (non-hydrogen) atoms. The van der Waals surface area contributed by atoms with E-state index in [4.69, 9.17) is 0 Å². The van der Waals surface area contributed by atoms with Crippen molar-refractivity contribution in [3.05, 3.63) is 59.7 Å². The third-order valence-electron chi connectivity index (χ3n) is 3.01. The van der Waals surface area contributed by atoms with Crippen LogP contribution in [0.2, 0.25) is 0 Å². The first-order valence-corrected chi connectivity index (χ1v) is 6.34. The van der Waals surface area contributed by atoms with Crippen LogP contribution < -0.4 is 0 Å². The molecule has 0 saturated carbocycles. The number of carbonyl (C=O) groups excluding carboxylic acids is 1. The number of likely N-dealkylation sites (N-methyl/N-ethyl adjacent to an activating group) is 1. The number of Topliss-reactive ketones (excluding diaryl/α,β-unsaturated/α-hetero) is 1. The lowest BCUT2D eigenvalue weighted by molar-refractivity contribution is 0.0942. The minimum atomic E-state index is -0.276. The van der Waals surface area contributed by atoms with Gasteiger partial charge in [-0.1, -0.05) is 30.3 Å². The van der Waals surface area contributed by atoms with Crippen molar-refractivity contribution in [2.75, 3.05) is 13.6 Å². The molecule has 0 aliphatic carbocycles. The Hall–Kier alpha value is -2.04. The quantitative estimate of drug-likeness (QED) is 0.659. The van der Waals surface area contributed by atoms with Crippen LogP contribution in [-0.4, -0.2) is 34.5 Å². The van der Waals surface area contributed by atoms with E-state index in [2.05, 4.69) is 0 Å². The molecule has 0 radical (unpaired) electrons. The van der Waals surface area contributed by atoms with Crippen molar-refractivity contribution in [1.29, 1.82) is 0 Å². The summed E-state index contributed by atoms with van der Waals surface area (Å²) in [4.78, 5) is 14.0. The molecule has 0 aromatic heterocycles. The number of benzene rings is 2. The highest BCUT2D eigenvalue weighted by Gasteiger charge is 2.11. The van der Waals surface area contributed by atoms with Gasteiger partial charge in [0, 0.05) is 12.1 Å².